The molecule has 2 N–H and O–H groups in total. The molecule has 1 saturated carbocycles. The van der Waals surface area contributed by atoms with Crippen LogP contribution in [0.2, 0.25) is 0 Å². The number of allylic oxidation sites excluding steroid dienone is 1. The molecular formula is C11H15NO2. The Labute approximate surface area is 83.4 Å². The average Bonchev–Trinajstić information content (AvgIpc) is 2.17. The number of primary amides is 1. The number of hydrogen-bond donors (Lipinski definition) is 1. The highest BCUT2D eigenvalue weighted by atomic mass is 16.1. The van der Waals surface area contributed by atoms with Crippen molar-refractivity contribution in [3.8, 4) is 0 Å². The molecule has 0 aromatic heterocycles. The number of rotatable bonds is 1. The normalized spacial score (nSPS) is 32.0. The van der Waals surface area contributed by atoms with Crippen molar-refractivity contribution in [2.24, 2.45) is 11.1 Å². The van der Waals surface area contributed by atoms with Crippen molar-refractivity contribution in [2.75, 3.05) is 0 Å². The molecule has 1 amide bonds. The fourth-order valence-electron chi connectivity index (χ4n) is 2.65. The van der Waals surface area contributed by atoms with E-state index < -0.39 is 5.41 Å². The van der Waals surface area contributed by atoms with Gasteiger partial charge in [-0.3, -0.25) is 9.59 Å². The lowest BCUT2D eigenvalue weighted by Crippen LogP contribution is -2.42. The van der Waals surface area contributed by atoms with Crippen LogP contribution in [0.4, 0.5) is 0 Å². The van der Waals surface area contributed by atoms with E-state index in [9.17, 15) is 9.59 Å². The minimum absolute atomic E-state index is 0.152. The number of hydrogen-bond acceptors (Lipinski definition) is 2. The molecule has 0 aliphatic heterocycles. The fourth-order valence-corrected chi connectivity index (χ4v) is 2.65. The van der Waals surface area contributed by atoms with E-state index >= 15 is 0 Å². The van der Waals surface area contributed by atoms with Gasteiger partial charge in [0.15, 0.2) is 5.78 Å². The minimum atomic E-state index is -0.466. The molecule has 2 aliphatic rings. The molecule has 2 rings (SSSR count). The highest BCUT2D eigenvalue weighted by Crippen LogP contribution is 2.46. The van der Waals surface area contributed by atoms with Gasteiger partial charge in [-0.15, -0.1) is 0 Å². The standard InChI is InChI=1S/C11H15NO2/c12-10(14)11-5-2-1-3-8(11)7-9(13)4-6-11/h7H,1-6H2,(H2,12,14). The lowest BCUT2D eigenvalue weighted by atomic mass is 9.64. The largest absolute Gasteiger partial charge is 0.369 e. The maximum absolute atomic E-state index is 11.5. The van der Waals surface area contributed by atoms with E-state index in [1.54, 1.807) is 6.08 Å². The summed E-state index contributed by atoms with van der Waals surface area (Å²) >= 11 is 0. The van der Waals surface area contributed by atoms with Crippen LogP contribution in [0.3, 0.4) is 0 Å². The SMILES string of the molecule is NC(=O)C12CCCCC1=CC(=O)CC2. The third-order valence-electron chi connectivity index (χ3n) is 3.52. The summed E-state index contributed by atoms with van der Waals surface area (Å²) in [7, 11) is 0. The topological polar surface area (TPSA) is 60.2 Å². The summed E-state index contributed by atoms with van der Waals surface area (Å²) in [5, 5.41) is 0. The van der Waals surface area contributed by atoms with E-state index in [-0.39, 0.29) is 11.7 Å². The molecular weight excluding hydrogens is 178 g/mol. The van der Waals surface area contributed by atoms with Gasteiger partial charge in [-0.1, -0.05) is 12.0 Å². The van der Waals surface area contributed by atoms with Crippen LogP contribution in [-0.2, 0) is 9.59 Å². The molecule has 0 aromatic rings. The molecule has 1 unspecified atom stereocenters. The van der Waals surface area contributed by atoms with E-state index in [0.717, 1.165) is 31.3 Å². The molecule has 0 spiro atoms. The van der Waals surface area contributed by atoms with Crippen LogP contribution in [0.1, 0.15) is 38.5 Å². The summed E-state index contributed by atoms with van der Waals surface area (Å²) < 4.78 is 0. The Morgan fingerprint density at radius 3 is 2.79 bits per heavy atom. The predicted molar refractivity (Wildman–Crippen MR) is 52.4 cm³/mol. The molecule has 0 heterocycles. The Hall–Kier alpha value is -1.12. The third kappa shape index (κ3) is 1.27. The van der Waals surface area contributed by atoms with E-state index in [1.807, 2.05) is 0 Å². The van der Waals surface area contributed by atoms with Crippen LogP contribution >= 0.6 is 0 Å². The van der Waals surface area contributed by atoms with Crippen LogP contribution in [0.15, 0.2) is 11.6 Å². The van der Waals surface area contributed by atoms with Crippen LogP contribution in [0, 0.1) is 5.41 Å². The highest BCUT2D eigenvalue weighted by molar-refractivity contribution is 5.96. The van der Waals surface area contributed by atoms with Crippen LogP contribution < -0.4 is 5.73 Å². The number of carbonyl (C=O) groups excluding carboxylic acids is 2. The van der Waals surface area contributed by atoms with Gasteiger partial charge in [-0.25, -0.2) is 0 Å². The number of ketones is 1. The zero-order valence-electron chi connectivity index (χ0n) is 8.21. The van der Waals surface area contributed by atoms with Gasteiger partial charge in [-0.05, 0) is 31.8 Å². The van der Waals surface area contributed by atoms with Crippen molar-refractivity contribution in [3.05, 3.63) is 11.6 Å². The van der Waals surface area contributed by atoms with E-state index in [4.69, 9.17) is 5.73 Å². The lowest BCUT2D eigenvalue weighted by molar-refractivity contribution is -0.128. The molecule has 1 atom stereocenters. The Balaban J connectivity index is 2.40. The van der Waals surface area contributed by atoms with Gasteiger partial charge >= 0.3 is 0 Å². The molecule has 2 aliphatic carbocycles. The molecule has 0 aromatic carbocycles. The first kappa shape index (κ1) is 9.44. The molecule has 0 radical (unpaired) electrons. The summed E-state index contributed by atoms with van der Waals surface area (Å²) in [6, 6.07) is 0. The van der Waals surface area contributed by atoms with Gasteiger partial charge in [0.05, 0.1) is 5.41 Å². The number of amides is 1. The van der Waals surface area contributed by atoms with Crippen molar-refractivity contribution in [2.45, 2.75) is 38.5 Å². The first-order chi connectivity index (χ1) is 6.65. The van der Waals surface area contributed by atoms with Gasteiger partial charge in [0.2, 0.25) is 5.91 Å². The van der Waals surface area contributed by atoms with Gasteiger partial charge in [0.1, 0.15) is 0 Å². The maximum Gasteiger partial charge on any atom is 0.227 e. The first-order valence-corrected chi connectivity index (χ1v) is 5.19. The molecule has 3 heteroatoms. The Morgan fingerprint density at radius 1 is 1.29 bits per heavy atom. The Bertz CT molecular complexity index is 319. The second-order valence-corrected chi connectivity index (χ2v) is 4.29. The Kier molecular flexibility index (Phi) is 2.17. The van der Waals surface area contributed by atoms with Crippen molar-refractivity contribution in [1.29, 1.82) is 0 Å². The summed E-state index contributed by atoms with van der Waals surface area (Å²) in [4.78, 5) is 22.7. The summed E-state index contributed by atoms with van der Waals surface area (Å²) in [6.45, 7) is 0. The highest BCUT2D eigenvalue weighted by Gasteiger charge is 2.43. The van der Waals surface area contributed by atoms with Crippen molar-refractivity contribution in [3.63, 3.8) is 0 Å². The van der Waals surface area contributed by atoms with E-state index in [1.165, 1.54) is 0 Å². The average molecular weight is 193 g/mol. The zero-order chi connectivity index (χ0) is 10.2. The lowest BCUT2D eigenvalue weighted by Gasteiger charge is -2.39. The van der Waals surface area contributed by atoms with Gasteiger partial charge in [0.25, 0.3) is 0 Å². The second-order valence-electron chi connectivity index (χ2n) is 4.29. The minimum Gasteiger partial charge on any atom is -0.369 e. The fraction of sp³-hybridized carbons (Fsp3) is 0.636. The molecule has 1 fully saturated rings. The van der Waals surface area contributed by atoms with Gasteiger partial charge in [0, 0.05) is 6.42 Å². The maximum atomic E-state index is 11.5. The van der Waals surface area contributed by atoms with Crippen molar-refractivity contribution < 1.29 is 9.59 Å². The third-order valence-corrected chi connectivity index (χ3v) is 3.52. The van der Waals surface area contributed by atoms with Crippen LogP contribution in [0.5, 0.6) is 0 Å². The molecule has 3 nitrogen and oxygen atoms in total. The van der Waals surface area contributed by atoms with Crippen LogP contribution in [0.25, 0.3) is 0 Å². The molecule has 0 bridgehead atoms. The summed E-state index contributed by atoms with van der Waals surface area (Å²) in [6.07, 6.45) is 6.60. The first-order valence-electron chi connectivity index (χ1n) is 5.19. The Morgan fingerprint density at radius 2 is 2.07 bits per heavy atom. The van der Waals surface area contributed by atoms with Crippen LogP contribution in [-0.4, -0.2) is 11.7 Å². The van der Waals surface area contributed by atoms with E-state index in [2.05, 4.69) is 0 Å². The number of carbonyl (C=O) groups is 2. The quantitative estimate of drug-likeness (QED) is 0.682. The van der Waals surface area contributed by atoms with Crippen molar-refractivity contribution in [1.82, 2.24) is 0 Å². The van der Waals surface area contributed by atoms with Gasteiger partial charge in [-0.2, -0.15) is 0 Å². The summed E-state index contributed by atoms with van der Waals surface area (Å²) in [5.41, 5.74) is 5.99. The smallest absolute Gasteiger partial charge is 0.227 e. The number of nitrogens with two attached hydrogens (primary N) is 1. The predicted octanol–water partition coefficient (Wildman–Crippen LogP) is 1.32. The van der Waals surface area contributed by atoms with E-state index in [0.29, 0.717) is 12.8 Å². The number of fused-ring (bicyclic) bond motifs is 1. The molecule has 14 heavy (non-hydrogen) atoms. The summed E-state index contributed by atoms with van der Waals surface area (Å²) in [5.74, 6) is -0.0882. The van der Waals surface area contributed by atoms with Crippen molar-refractivity contribution >= 4 is 11.7 Å². The monoisotopic (exact) mass is 193 g/mol. The second kappa shape index (κ2) is 3.23. The molecule has 0 saturated heterocycles. The van der Waals surface area contributed by atoms with Gasteiger partial charge < -0.3 is 5.73 Å². The molecule has 76 valence electrons. The zero-order valence-corrected chi connectivity index (χ0v) is 8.21.